The highest BCUT2D eigenvalue weighted by Gasteiger charge is 2.20. The highest BCUT2D eigenvalue weighted by Crippen LogP contribution is 2.46. The topological polar surface area (TPSA) is 39.4 Å². The molecule has 0 N–H and O–H groups in total. The van der Waals surface area contributed by atoms with Crippen molar-refractivity contribution in [2.45, 2.75) is 0 Å². The second kappa shape index (κ2) is 9.12. The lowest BCUT2D eigenvalue weighted by Crippen LogP contribution is -1.90. The molecule has 8 aromatic carbocycles. The van der Waals surface area contributed by atoms with Gasteiger partial charge in [0.2, 0.25) is 0 Å². The lowest BCUT2D eigenvalue weighted by atomic mass is 9.85. The molecule has 3 aromatic heterocycles. The average Bonchev–Trinajstić information content (AvgIpc) is 3.80. The van der Waals surface area contributed by atoms with Crippen molar-refractivity contribution in [1.82, 2.24) is 0 Å². The Hall–Kier alpha value is -6.32. The van der Waals surface area contributed by atoms with Crippen LogP contribution in [0, 0.1) is 0 Å². The van der Waals surface area contributed by atoms with Crippen LogP contribution < -0.4 is 0 Å². The molecule has 0 saturated heterocycles. The summed E-state index contributed by atoms with van der Waals surface area (Å²) < 4.78 is 19.0. The molecule has 0 aliphatic carbocycles. The first-order valence-corrected chi connectivity index (χ1v) is 15.9. The van der Waals surface area contributed by atoms with Gasteiger partial charge in [-0.25, -0.2) is 0 Å². The lowest BCUT2D eigenvalue weighted by Gasteiger charge is -2.17. The zero-order valence-corrected chi connectivity index (χ0v) is 25.1. The molecular weight excluding hydrogens is 576 g/mol. The van der Waals surface area contributed by atoms with Gasteiger partial charge in [-0.15, -0.1) is 0 Å². The molecule has 0 bridgehead atoms. The summed E-state index contributed by atoms with van der Waals surface area (Å²) in [6, 6.07) is 51.3. The van der Waals surface area contributed by atoms with Gasteiger partial charge in [-0.3, -0.25) is 0 Å². The van der Waals surface area contributed by atoms with Gasteiger partial charge < -0.3 is 13.3 Å². The molecule has 0 radical (unpaired) electrons. The standard InChI is InChI=1S/C44H24O3/c1-3-12-30-28(10-1)41(25-18-20-37-34(23-25)27-9-5-7-15-35(27)45-37)29-11-2-4-13-31(29)42(30)26-17-19-33-40(24-26)47-39-22-21-38-43(44(33)39)32-14-6-8-16-36(32)46-38/h1-24H. The van der Waals surface area contributed by atoms with Gasteiger partial charge in [-0.2, -0.15) is 0 Å². The summed E-state index contributed by atoms with van der Waals surface area (Å²) in [6.07, 6.45) is 0. The van der Waals surface area contributed by atoms with Gasteiger partial charge in [0.15, 0.2) is 0 Å². The van der Waals surface area contributed by atoms with Crippen LogP contribution in [0.2, 0.25) is 0 Å². The molecule has 11 aromatic rings. The minimum atomic E-state index is 0.864. The smallest absolute Gasteiger partial charge is 0.136 e. The highest BCUT2D eigenvalue weighted by molar-refractivity contribution is 6.27. The van der Waals surface area contributed by atoms with Gasteiger partial charge in [0, 0.05) is 32.3 Å². The minimum Gasteiger partial charge on any atom is -0.456 e. The summed E-state index contributed by atoms with van der Waals surface area (Å²) in [7, 11) is 0. The van der Waals surface area contributed by atoms with Crippen molar-refractivity contribution in [1.29, 1.82) is 0 Å². The van der Waals surface area contributed by atoms with Crippen LogP contribution in [-0.4, -0.2) is 0 Å². The molecule has 0 atom stereocenters. The largest absolute Gasteiger partial charge is 0.456 e. The van der Waals surface area contributed by atoms with Gasteiger partial charge in [-0.05, 0) is 92.3 Å². The summed E-state index contributed by atoms with van der Waals surface area (Å²) in [5.41, 5.74) is 10.0. The van der Waals surface area contributed by atoms with E-state index in [4.69, 9.17) is 13.3 Å². The molecule has 3 heterocycles. The molecule has 11 rings (SSSR count). The Labute approximate surface area is 267 Å². The summed E-state index contributed by atoms with van der Waals surface area (Å²) >= 11 is 0. The van der Waals surface area contributed by atoms with Crippen molar-refractivity contribution in [3.8, 4) is 22.3 Å². The van der Waals surface area contributed by atoms with Gasteiger partial charge in [0.25, 0.3) is 0 Å². The van der Waals surface area contributed by atoms with Crippen LogP contribution in [0.1, 0.15) is 0 Å². The quantitative estimate of drug-likeness (QED) is 0.185. The Morgan fingerprint density at radius 1 is 0.255 bits per heavy atom. The number of fused-ring (bicyclic) bond motifs is 12. The first-order chi connectivity index (χ1) is 23.3. The second-order valence-electron chi connectivity index (χ2n) is 12.4. The van der Waals surface area contributed by atoms with E-state index in [0.29, 0.717) is 0 Å². The van der Waals surface area contributed by atoms with E-state index in [9.17, 15) is 0 Å². The lowest BCUT2D eigenvalue weighted by molar-refractivity contribution is 0.663. The van der Waals surface area contributed by atoms with E-state index < -0.39 is 0 Å². The minimum absolute atomic E-state index is 0.864. The summed E-state index contributed by atoms with van der Waals surface area (Å²) in [5.74, 6) is 0. The molecule has 47 heavy (non-hydrogen) atoms. The molecular formula is C44H24O3. The number of rotatable bonds is 2. The maximum Gasteiger partial charge on any atom is 0.136 e. The Bertz CT molecular complexity index is 3020. The van der Waals surface area contributed by atoms with Crippen molar-refractivity contribution >= 4 is 87.4 Å². The van der Waals surface area contributed by atoms with Crippen molar-refractivity contribution < 1.29 is 13.3 Å². The van der Waals surface area contributed by atoms with E-state index in [2.05, 4.69) is 109 Å². The Balaban J connectivity index is 1.19. The predicted octanol–water partition coefficient (Wildman–Crippen LogP) is 13.0. The normalized spacial score (nSPS) is 12.3. The molecule has 0 unspecified atom stereocenters. The first-order valence-electron chi connectivity index (χ1n) is 15.9. The van der Waals surface area contributed by atoms with E-state index in [1.54, 1.807) is 0 Å². The van der Waals surface area contributed by atoms with Crippen molar-refractivity contribution in [3.05, 3.63) is 146 Å². The second-order valence-corrected chi connectivity index (χ2v) is 12.4. The molecule has 0 aliphatic heterocycles. The third-order valence-electron chi connectivity index (χ3n) is 9.86. The molecule has 3 nitrogen and oxygen atoms in total. The molecule has 0 spiro atoms. The Morgan fingerprint density at radius 2 is 0.660 bits per heavy atom. The predicted molar refractivity (Wildman–Crippen MR) is 194 cm³/mol. The fraction of sp³-hybridized carbons (Fsp3) is 0. The molecule has 3 heteroatoms. The van der Waals surface area contributed by atoms with Crippen molar-refractivity contribution in [3.63, 3.8) is 0 Å². The number of hydrogen-bond donors (Lipinski definition) is 0. The third-order valence-corrected chi connectivity index (χ3v) is 9.86. The Morgan fingerprint density at radius 3 is 1.30 bits per heavy atom. The van der Waals surface area contributed by atoms with Crippen molar-refractivity contribution in [2.24, 2.45) is 0 Å². The van der Waals surface area contributed by atoms with E-state index in [1.165, 1.54) is 38.2 Å². The van der Waals surface area contributed by atoms with Gasteiger partial charge in [0.1, 0.15) is 33.5 Å². The van der Waals surface area contributed by atoms with E-state index in [-0.39, 0.29) is 0 Å². The van der Waals surface area contributed by atoms with E-state index >= 15 is 0 Å². The maximum absolute atomic E-state index is 6.58. The number of benzene rings is 8. The van der Waals surface area contributed by atoms with Crippen LogP contribution in [0.3, 0.4) is 0 Å². The Kier molecular flexibility index (Phi) is 4.84. The third kappa shape index (κ3) is 3.40. The summed E-state index contributed by atoms with van der Waals surface area (Å²) in [6.45, 7) is 0. The molecule has 0 saturated carbocycles. The fourth-order valence-corrected chi connectivity index (χ4v) is 7.87. The maximum atomic E-state index is 6.58. The molecule has 218 valence electrons. The average molecular weight is 601 g/mol. The van der Waals surface area contributed by atoms with Crippen LogP contribution in [0.4, 0.5) is 0 Å². The summed E-state index contributed by atoms with van der Waals surface area (Å²) in [4.78, 5) is 0. The zero-order valence-electron chi connectivity index (χ0n) is 25.1. The molecule has 0 amide bonds. The van der Waals surface area contributed by atoms with Crippen LogP contribution >= 0.6 is 0 Å². The van der Waals surface area contributed by atoms with E-state index in [0.717, 1.165) is 71.4 Å². The number of hydrogen-bond acceptors (Lipinski definition) is 3. The van der Waals surface area contributed by atoms with Crippen LogP contribution in [0.25, 0.3) is 110 Å². The van der Waals surface area contributed by atoms with Crippen LogP contribution in [-0.2, 0) is 0 Å². The number of furan rings is 3. The van der Waals surface area contributed by atoms with Gasteiger partial charge >= 0.3 is 0 Å². The SMILES string of the molecule is c1ccc2c(c1)oc1ccc(-c3c4ccccc4c(-c4ccc5c(c4)oc4ccc6oc7ccccc7c6c45)c4ccccc34)cc12. The highest BCUT2D eigenvalue weighted by atomic mass is 16.3. The number of para-hydroxylation sites is 2. The summed E-state index contributed by atoms with van der Waals surface area (Å²) in [5, 5.41) is 11.5. The van der Waals surface area contributed by atoms with E-state index in [1.807, 2.05) is 36.4 Å². The molecule has 0 fully saturated rings. The zero-order chi connectivity index (χ0) is 30.6. The monoisotopic (exact) mass is 600 g/mol. The molecule has 0 aliphatic rings. The van der Waals surface area contributed by atoms with Crippen LogP contribution in [0.15, 0.2) is 159 Å². The van der Waals surface area contributed by atoms with Gasteiger partial charge in [-0.1, -0.05) is 97.1 Å². The fourth-order valence-electron chi connectivity index (χ4n) is 7.87. The van der Waals surface area contributed by atoms with Crippen molar-refractivity contribution in [2.75, 3.05) is 0 Å². The van der Waals surface area contributed by atoms with Gasteiger partial charge in [0.05, 0.1) is 0 Å². The van der Waals surface area contributed by atoms with Crippen LogP contribution in [0.5, 0.6) is 0 Å². The first kappa shape index (κ1) is 24.9.